The van der Waals surface area contributed by atoms with Crippen LogP contribution >= 0.6 is 0 Å². The first-order chi connectivity index (χ1) is 21.3. The molecule has 3 nitrogen and oxygen atoms in total. The highest BCUT2D eigenvalue weighted by Gasteiger charge is 2.18. The van der Waals surface area contributed by atoms with Crippen LogP contribution in [0.2, 0.25) is 0 Å². The molecule has 202 valence electrons. The molecule has 0 saturated carbocycles. The molecule has 0 aliphatic carbocycles. The van der Waals surface area contributed by atoms with Gasteiger partial charge < -0.3 is 13.7 Å². The van der Waals surface area contributed by atoms with Crippen molar-refractivity contribution in [1.29, 1.82) is 0 Å². The Hall–Kier alpha value is -5.80. The number of para-hydroxylation sites is 3. The van der Waals surface area contributed by atoms with E-state index >= 15 is 0 Å². The standard InChI is InChI=1S/C40H25NO2/c1-3-10-26(11-4-1)31-15-9-16-34-39-35-24-29(20-18-27(35)19-23-37(39)43-40(31)34)41(28-12-5-2-6-13-28)30-21-22-33-32-14-7-8-17-36(32)42-38(33)25-30/h1-25H. The average molecular weight is 552 g/mol. The predicted octanol–water partition coefficient (Wildman–Crippen LogP) is 11.8. The van der Waals surface area contributed by atoms with Crippen LogP contribution in [0.1, 0.15) is 0 Å². The quantitative estimate of drug-likeness (QED) is 0.218. The maximum Gasteiger partial charge on any atom is 0.143 e. The monoisotopic (exact) mass is 551 g/mol. The van der Waals surface area contributed by atoms with E-state index in [1.807, 2.05) is 18.2 Å². The zero-order valence-electron chi connectivity index (χ0n) is 23.2. The van der Waals surface area contributed by atoms with Gasteiger partial charge in [0.15, 0.2) is 0 Å². The summed E-state index contributed by atoms with van der Waals surface area (Å²) in [6.07, 6.45) is 0. The van der Waals surface area contributed by atoms with Crippen LogP contribution in [0.15, 0.2) is 160 Å². The largest absolute Gasteiger partial charge is 0.456 e. The second-order valence-electron chi connectivity index (χ2n) is 10.9. The van der Waals surface area contributed by atoms with Crippen LogP contribution in [0.3, 0.4) is 0 Å². The lowest BCUT2D eigenvalue weighted by atomic mass is 9.99. The summed E-state index contributed by atoms with van der Waals surface area (Å²) in [6, 6.07) is 53.0. The van der Waals surface area contributed by atoms with Crippen LogP contribution in [0.25, 0.3) is 65.8 Å². The molecule has 3 heteroatoms. The Morgan fingerprint density at radius 1 is 0.395 bits per heavy atom. The van der Waals surface area contributed by atoms with Gasteiger partial charge >= 0.3 is 0 Å². The van der Waals surface area contributed by atoms with E-state index in [1.54, 1.807) is 0 Å². The molecule has 0 aliphatic rings. The van der Waals surface area contributed by atoms with E-state index in [-0.39, 0.29) is 0 Å². The van der Waals surface area contributed by atoms with Gasteiger partial charge in [-0.1, -0.05) is 97.1 Å². The number of nitrogens with zero attached hydrogens (tertiary/aromatic N) is 1. The van der Waals surface area contributed by atoms with Crippen molar-refractivity contribution in [2.24, 2.45) is 0 Å². The highest BCUT2D eigenvalue weighted by Crippen LogP contribution is 2.43. The summed E-state index contributed by atoms with van der Waals surface area (Å²) < 4.78 is 12.9. The molecule has 0 bridgehead atoms. The van der Waals surface area contributed by atoms with E-state index in [2.05, 4.69) is 138 Å². The second kappa shape index (κ2) is 9.37. The Morgan fingerprint density at radius 2 is 1.09 bits per heavy atom. The lowest BCUT2D eigenvalue weighted by Gasteiger charge is -2.25. The van der Waals surface area contributed by atoms with Crippen molar-refractivity contribution in [3.05, 3.63) is 152 Å². The van der Waals surface area contributed by atoms with E-state index < -0.39 is 0 Å². The van der Waals surface area contributed by atoms with Crippen molar-refractivity contribution >= 4 is 71.7 Å². The highest BCUT2D eigenvalue weighted by atomic mass is 16.3. The van der Waals surface area contributed by atoms with Crippen LogP contribution in [0.4, 0.5) is 17.1 Å². The minimum atomic E-state index is 0.872. The Labute approximate surface area is 247 Å². The summed E-state index contributed by atoms with van der Waals surface area (Å²) in [7, 11) is 0. The third-order valence-electron chi connectivity index (χ3n) is 8.44. The van der Waals surface area contributed by atoms with Crippen LogP contribution in [-0.4, -0.2) is 0 Å². The van der Waals surface area contributed by atoms with Crippen LogP contribution in [0, 0.1) is 0 Å². The zero-order valence-corrected chi connectivity index (χ0v) is 23.2. The van der Waals surface area contributed by atoms with Gasteiger partial charge in [-0.05, 0) is 64.9 Å². The maximum absolute atomic E-state index is 6.57. The second-order valence-corrected chi connectivity index (χ2v) is 10.9. The molecule has 9 rings (SSSR count). The maximum atomic E-state index is 6.57. The first-order valence-electron chi connectivity index (χ1n) is 14.5. The Bertz CT molecular complexity index is 2450. The number of rotatable bonds is 4. The number of hydrogen-bond donors (Lipinski definition) is 0. The molecule has 0 saturated heterocycles. The number of anilines is 3. The van der Waals surface area contributed by atoms with E-state index in [1.165, 1.54) is 5.39 Å². The van der Waals surface area contributed by atoms with Gasteiger partial charge in [-0.25, -0.2) is 0 Å². The fraction of sp³-hybridized carbons (Fsp3) is 0. The minimum Gasteiger partial charge on any atom is -0.456 e. The number of benzene rings is 7. The van der Waals surface area contributed by atoms with Crippen molar-refractivity contribution in [3.63, 3.8) is 0 Å². The number of fused-ring (bicyclic) bond motifs is 8. The SMILES string of the molecule is c1ccc(-c2cccc3c2oc2ccc4ccc(N(c5ccccc5)c5ccc6c(c5)oc5ccccc56)cc4c23)cc1. The van der Waals surface area contributed by atoms with Crippen LogP contribution in [0.5, 0.6) is 0 Å². The molecule has 2 aromatic heterocycles. The Balaban J connectivity index is 1.28. The van der Waals surface area contributed by atoms with Gasteiger partial charge in [0.05, 0.1) is 0 Å². The first kappa shape index (κ1) is 23.9. The fourth-order valence-electron chi connectivity index (χ4n) is 6.47. The lowest BCUT2D eigenvalue weighted by molar-refractivity contribution is 0.669. The minimum absolute atomic E-state index is 0.872. The first-order valence-corrected chi connectivity index (χ1v) is 14.5. The summed E-state index contributed by atoms with van der Waals surface area (Å²) in [5, 5.41) is 6.83. The van der Waals surface area contributed by atoms with Crippen LogP contribution in [-0.2, 0) is 0 Å². The third-order valence-corrected chi connectivity index (χ3v) is 8.44. The molecule has 0 N–H and O–H groups in total. The van der Waals surface area contributed by atoms with E-state index in [9.17, 15) is 0 Å². The summed E-state index contributed by atoms with van der Waals surface area (Å²) in [5.74, 6) is 0. The van der Waals surface area contributed by atoms with Crippen molar-refractivity contribution < 1.29 is 8.83 Å². The molecular formula is C40H25NO2. The molecule has 0 radical (unpaired) electrons. The van der Waals surface area contributed by atoms with Gasteiger partial charge in [-0.3, -0.25) is 0 Å². The molecule has 0 atom stereocenters. The van der Waals surface area contributed by atoms with Gasteiger partial charge in [0.2, 0.25) is 0 Å². The van der Waals surface area contributed by atoms with Crippen molar-refractivity contribution in [2.45, 2.75) is 0 Å². The molecule has 0 spiro atoms. The summed E-state index contributed by atoms with van der Waals surface area (Å²) in [6.45, 7) is 0. The Kier molecular flexibility index (Phi) is 5.20. The van der Waals surface area contributed by atoms with Gasteiger partial charge in [0, 0.05) is 50.2 Å². The predicted molar refractivity (Wildman–Crippen MR) is 179 cm³/mol. The summed E-state index contributed by atoms with van der Waals surface area (Å²) in [5.41, 5.74) is 9.00. The van der Waals surface area contributed by atoms with Gasteiger partial charge in [-0.15, -0.1) is 0 Å². The molecule has 43 heavy (non-hydrogen) atoms. The molecule has 0 fully saturated rings. The van der Waals surface area contributed by atoms with Crippen molar-refractivity contribution in [1.82, 2.24) is 0 Å². The number of hydrogen-bond acceptors (Lipinski definition) is 3. The fourth-order valence-corrected chi connectivity index (χ4v) is 6.47. The molecule has 2 heterocycles. The topological polar surface area (TPSA) is 29.5 Å². The van der Waals surface area contributed by atoms with E-state index in [0.717, 1.165) is 77.5 Å². The molecular weight excluding hydrogens is 526 g/mol. The normalized spacial score (nSPS) is 11.7. The third kappa shape index (κ3) is 3.75. The Morgan fingerprint density at radius 3 is 1.98 bits per heavy atom. The molecule has 0 amide bonds. The van der Waals surface area contributed by atoms with Gasteiger partial charge in [-0.2, -0.15) is 0 Å². The summed E-state index contributed by atoms with van der Waals surface area (Å²) in [4.78, 5) is 2.29. The van der Waals surface area contributed by atoms with Crippen molar-refractivity contribution in [2.75, 3.05) is 4.90 Å². The van der Waals surface area contributed by atoms with Gasteiger partial charge in [0.1, 0.15) is 22.3 Å². The summed E-state index contributed by atoms with van der Waals surface area (Å²) >= 11 is 0. The van der Waals surface area contributed by atoms with Gasteiger partial charge in [0.25, 0.3) is 0 Å². The zero-order chi connectivity index (χ0) is 28.3. The highest BCUT2D eigenvalue weighted by molar-refractivity contribution is 6.21. The lowest BCUT2D eigenvalue weighted by Crippen LogP contribution is -2.09. The average Bonchev–Trinajstić information content (AvgIpc) is 3.64. The number of furan rings is 2. The van der Waals surface area contributed by atoms with E-state index in [4.69, 9.17) is 8.83 Å². The molecule has 0 unspecified atom stereocenters. The van der Waals surface area contributed by atoms with E-state index in [0.29, 0.717) is 0 Å². The smallest absolute Gasteiger partial charge is 0.143 e. The molecule has 7 aromatic carbocycles. The molecule has 9 aromatic rings. The van der Waals surface area contributed by atoms with Crippen LogP contribution < -0.4 is 4.90 Å². The molecule has 0 aliphatic heterocycles. The van der Waals surface area contributed by atoms with Crippen molar-refractivity contribution in [3.8, 4) is 11.1 Å².